The fraction of sp³-hybridized carbons (Fsp3) is 0.174. The van der Waals surface area contributed by atoms with Gasteiger partial charge in [0.25, 0.3) is 5.56 Å². The molecule has 1 atom stereocenters. The van der Waals surface area contributed by atoms with Crippen LogP contribution in [-0.2, 0) is 11.8 Å². The van der Waals surface area contributed by atoms with E-state index in [0.29, 0.717) is 16.7 Å². The van der Waals surface area contributed by atoms with E-state index in [1.54, 1.807) is 24.3 Å². The Morgan fingerprint density at radius 2 is 1.80 bits per heavy atom. The molecule has 1 heterocycles. The SMILES string of the molecule is Cc1cn(C)c(=O)c(NC(=O)NC(CC(=O)[O-])c2cccc(-c3ccc(F)c(Cl)c3)c2)c1[O-].[Na+].[Na+]. The zero-order valence-corrected chi connectivity index (χ0v) is 24.4. The number of aromatic nitrogens is 1. The third-order valence-electron chi connectivity index (χ3n) is 4.96. The maximum absolute atomic E-state index is 13.5. The predicted molar refractivity (Wildman–Crippen MR) is 117 cm³/mol. The summed E-state index contributed by atoms with van der Waals surface area (Å²) in [6.45, 7) is 1.50. The van der Waals surface area contributed by atoms with E-state index >= 15 is 0 Å². The van der Waals surface area contributed by atoms with Gasteiger partial charge < -0.3 is 30.2 Å². The summed E-state index contributed by atoms with van der Waals surface area (Å²) in [6, 6.07) is 8.71. The molecule has 0 saturated carbocycles. The van der Waals surface area contributed by atoms with Gasteiger partial charge in [0.2, 0.25) is 0 Å². The Morgan fingerprint density at radius 3 is 2.43 bits per heavy atom. The second-order valence-corrected chi connectivity index (χ2v) is 7.82. The number of benzene rings is 2. The zero-order valence-electron chi connectivity index (χ0n) is 19.6. The number of amides is 2. The fourth-order valence-electron chi connectivity index (χ4n) is 3.33. The summed E-state index contributed by atoms with van der Waals surface area (Å²) >= 11 is 5.85. The predicted octanol–water partition coefficient (Wildman–Crippen LogP) is -3.76. The van der Waals surface area contributed by atoms with Crippen molar-refractivity contribution < 1.29 is 83.3 Å². The number of nitrogens with zero attached hydrogens (tertiary/aromatic N) is 1. The summed E-state index contributed by atoms with van der Waals surface area (Å²) in [4.78, 5) is 36.1. The molecule has 0 fully saturated rings. The van der Waals surface area contributed by atoms with Gasteiger partial charge in [0, 0.05) is 25.6 Å². The van der Waals surface area contributed by atoms with E-state index in [1.807, 2.05) is 0 Å². The summed E-state index contributed by atoms with van der Waals surface area (Å²) in [6.07, 6.45) is 0.775. The molecule has 3 rings (SSSR count). The molecule has 2 amide bonds. The third kappa shape index (κ3) is 7.82. The molecule has 8 nitrogen and oxygen atoms in total. The number of carbonyl (C=O) groups excluding carboxylic acids is 2. The van der Waals surface area contributed by atoms with Crippen molar-refractivity contribution in [1.82, 2.24) is 9.88 Å². The number of hydrogen-bond acceptors (Lipinski definition) is 5. The number of halogens is 2. The van der Waals surface area contributed by atoms with Crippen LogP contribution in [0.1, 0.15) is 23.6 Å². The number of anilines is 1. The number of aliphatic carboxylic acids is 1. The molecule has 12 heteroatoms. The zero-order chi connectivity index (χ0) is 24.3. The molecule has 0 aliphatic heterocycles. The first-order valence-corrected chi connectivity index (χ1v) is 10.1. The molecule has 3 aromatic rings. The number of pyridine rings is 1. The number of rotatable bonds is 6. The van der Waals surface area contributed by atoms with Crippen LogP contribution >= 0.6 is 11.6 Å². The van der Waals surface area contributed by atoms with Crippen molar-refractivity contribution in [2.24, 2.45) is 7.05 Å². The van der Waals surface area contributed by atoms with E-state index in [0.717, 1.165) is 4.57 Å². The van der Waals surface area contributed by atoms with Crippen LogP contribution in [0.2, 0.25) is 5.02 Å². The summed E-state index contributed by atoms with van der Waals surface area (Å²) < 4.78 is 14.6. The minimum absolute atomic E-state index is 0. The Balaban J connectivity index is 0.00000306. The van der Waals surface area contributed by atoms with Gasteiger partial charge in [-0.2, -0.15) is 0 Å². The van der Waals surface area contributed by atoms with Gasteiger partial charge in [-0.25, -0.2) is 9.18 Å². The quantitative estimate of drug-likeness (QED) is 0.325. The Bertz CT molecular complexity index is 1300. The van der Waals surface area contributed by atoms with Crippen molar-refractivity contribution in [2.75, 3.05) is 5.32 Å². The molecular formula is C23H19ClFN3Na2O5. The van der Waals surface area contributed by atoms with E-state index < -0.39 is 47.3 Å². The van der Waals surface area contributed by atoms with E-state index in [1.165, 1.54) is 38.4 Å². The van der Waals surface area contributed by atoms with E-state index in [9.17, 15) is 29.0 Å². The molecule has 0 radical (unpaired) electrons. The van der Waals surface area contributed by atoms with Gasteiger partial charge in [0.05, 0.1) is 11.1 Å². The second kappa shape index (κ2) is 13.5. The molecular weight excluding hydrogens is 499 g/mol. The maximum Gasteiger partial charge on any atom is 1.00 e. The number of nitrogens with one attached hydrogen (secondary N) is 2. The normalized spacial score (nSPS) is 11.0. The third-order valence-corrected chi connectivity index (χ3v) is 5.25. The van der Waals surface area contributed by atoms with Gasteiger partial charge in [0.15, 0.2) is 0 Å². The molecule has 2 N–H and O–H groups in total. The number of carboxylic acid groups (broad SMARTS) is 1. The minimum atomic E-state index is -1.42. The van der Waals surface area contributed by atoms with Crippen LogP contribution < -0.4 is 85.5 Å². The van der Waals surface area contributed by atoms with E-state index in [-0.39, 0.29) is 69.7 Å². The van der Waals surface area contributed by atoms with Gasteiger partial charge in [-0.15, -0.1) is 0 Å². The number of carbonyl (C=O) groups is 2. The molecule has 172 valence electrons. The molecule has 0 bridgehead atoms. The molecule has 0 spiro atoms. The van der Waals surface area contributed by atoms with Crippen molar-refractivity contribution in [3.05, 3.63) is 81.0 Å². The Labute approximate surface area is 250 Å². The van der Waals surface area contributed by atoms with Crippen LogP contribution in [0.25, 0.3) is 11.1 Å². The number of carboxylic acids is 1. The standard InChI is InChI=1S/C23H21ClFN3O5.2Na/c1-12-11-28(2)22(32)20(21(12)31)27-23(33)26-18(10-19(29)30)15-5-3-4-13(8-15)14-6-7-17(25)16(24)9-14;;/h3-9,11,18,31H,10H2,1-2H3,(H,29,30)(H2,26,27,33);;/q;2*+1/p-2. The number of urea groups is 1. The molecule has 35 heavy (non-hydrogen) atoms. The molecule has 2 aromatic carbocycles. The first-order valence-electron chi connectivity index (χ1n) is 9.76. The summed E-state index contributed by atoms with van der Waals surface area (Å²) in [5, 5.41) is 28.2. The van der Waals surface area contributed by atoms with Crippen molar-refractivity contribution in [1.29, 1.82) is 0 Å². The van der Waals surface area contributed by atoms with Gasteiger partial charge in [-0.3, -0.25) is 4.79 Å². The minimum Gasteiger partial charge on any atom is -0.871 e. The molecule has 0 saturated heterocycles. The van der Waals surface area contributed by atoms with Crippen LogP contribution in [0.3, 0.4) is 0 Å². The molecule has 0 aliphatic carbocycles. The maximum atomic E-state index is 13.5. The topological polar surface area (TPSA) is 126 Å². The summed E-state index contributed by atoms with van der Waals surface area (Å²) in [7, 11) is 1.43. The first kappa shape index (κ1) is 31.2. The van der Waals surface area contributed by atoms with Crippen LogP contribution in [0.5, 0.6) is 5.75 Å². The molecule has 1 unspecified atom stereocenters. The van der Waals surface area contributed by atoms with Crippen molar-refractivity contribution >= 4 is 29.3 Å². The monoisotopic (exact) mass is 517 g/mol. The van der Waals surface area contributed by atoms with E-state index in [4.69, 9.17) is 11.6 Å². The van der Waals surface area contributed by atoms with Gasteiger partial charge in [0.1, 0.15) is 11.5 Å². The van der Waals surface area contributed by atoms with Gasteiger partial charge in [-0.05, 0) is 47.4 Å². The smallest absolute Gasteiger partial charge is 0.871 e. The van der Waals surface area contributed by atoms with Crippen molar-refractivity contribution in [3.63, 3.8) is 0 Å². The summed E-state index contributed by atoms with van der Waals surface area (Å²) in [5.74, 6) is -2.64. The molecule has 0 aliphatic rings. The summed E-state index contributed by atoms with van der Waals surface area (Å²) in [5.41, 5.74) is 0.703. The number of aryl methyl sites for hydroxylation is 2. The van der Waals surface area contributed by atoms with Crippen LogP contribution in [-0.4, -0.2) is 16.6 Å². The number of hydrogen-bond donors (Lipinski definition) is 2. The van der Waals surface area contributed by atoms with Gasteiger partial charge in [-0.1, -0.05) is 41.6 Å². The Kier molecular flexibility index (Phi) is 12.0. The largest absolute Gasteiger partial charge is 1.00 e. The average Bonchev–Trinajstić information content (AvgIpc) is 2.76. The van der Waals surface area contributed by atoms with Crippen LogP contribution in [0, 0.1) is 12.7 Å². The fourth-order valence-corrected chi connectivity index (χ4v) is 3.51. The van der Waals surface area contributed by atoms with Gasteiger partial charge >= 0.3 is 65.1 Å². The van der Waals surface area contributed by atoms with Crippen LogP contribution in [0.4, 0.5) is 14.9 Å². The first-order chi connectivity index (χ1) is 15.6. The Hall–Kier alpha value is -1.85. The van der Waals surface area contributed by atoms with Crippen molar-refractivity contribution in [3.8, 4) is 16.9 Å². The van der Waals surface area contributed by atoms with Crippen molar-refractivity contribution in [2.45, 2.75) is 19.4 Å². The average molecular weight is 518 g/mol. The van der Waals surface area contributed by atoms with Crippen LogP contribution in [0.15, 0.2) is 53.5 Å². The second-order valence-electron chi connectivity index (χ2n) is 7.41. The molecule has 1 aromatic heterocycles. The Morgan fingerprint density at radius 1 is 1.14 bits per heavy atom. The van der Waals surface area contributed by atoms with E-state index in [2.05, 4.69) is 10.6 Å².